The molecule has 1 rings (SSSR count). The van der Waals surface area contributed by atoms with Crippen LogP contribution in [0.5, 0.6) is 5.75 Å². The Kier molecular flexibility index (Phi) is 9.87. The highest BCUT2D eigenvalue weighted by Gasteiger charge is 2.04. The molecular weight excluding hydrogens is 290 g/mol. The maximum Gasteiger partial charge on any atom is 0.189 e. The van der Waals surface area contributed by atoms with Crippen LogP contribution in [0.3, 0.4) is 0 Å². The Hall–Kier alpha value is -1.75. The molecule has 0 saturated heterocycles. The normalized spacial score (nSPS) is 11.5. The first-order valence-electron chi connectivity index (χ1n) is 8.42. The number of hydrogen-bond donors (Lipinski definition) is 2. The minimum Gasteiger partial charge on any atom is -0.493 e. The Labute approximate surface area is 140 Å². The quantitative estimate of drug-likeness (QED) is 0.373. The summed E-state index contributed by atoms with van der Waals surface area (Å²) < 4.78 is 10.9. The smallest absolute Gasteiger partial charge is 0.189 e. The molecule has 0 aliphatic rings. The molecule has 0 radical (unpaired) electrons. The van der Waals surface area contributed by atoms with Crippen molar-refractivity contribution in [3.8, 4) is 5.75 Å². The third-order valence-electron chi connectivity index (χ3n) is 3.51. The van der Waals surface area contributed by atoms with Gasteiger partial charge in [0.2, 0.25) is 0 Å². The number of unbranched alkanes of at least 4 members (excludes halogenated alkanes) is 3. The monoisotopic (exact) mass is 321 g/mol. The largest absolute Gasteiger partial charge is 0.493 e. The molecule has 0 aliphatic carbocycles. The minimum atomic E-state index is 0.427. The number of aryl methyl sites for hydroxylation is 1. The van der Waals surface area contributed by atoms with Gasteiger partial charge in [-0.2, -0.15) is 0 Å². The van der Waals surface area contributed by atoms with Gasteiger partial charge in [0.1, 0.15) is 5.75 Å². The number of ether oxygens (including phenoxy) is 2. The third kappa shape index (κ3) is 8.45. The van der Waals surface area contributed by atoms with Crippen molar-refractivity contribution >= 4 is 5.96 Å². The third-order valence-corrected chi connectivity index (χ3v) is 3.51. The van der Waals surface area contributed by atoms with Crippen LogP contribution in [-0.4, -0.2) is 32.8 Å². The lowest BCUT2D eigenvalue weighted by Crippen LogP contribution is -2.34. The molecule has 0 amide bonds. The summed E-state index contributed by atoms with van der Waals surface area (Å²) in [4.78, 5) is 4.36. The second-order valence-corrected chi connectivity index (χ2v) is 5.64. The average Bonchev–Trinajstić information content (AvgIpc) is 2.54. The van der Waals surface area contributed by atoms with E-state index in [2.05, 4.69) is 42.4 Å². The van der Waals surface area contributed by atoms with Crippen molar-refractivity contribution in [1.29, 1.82) is 0 Å². The molecule has 0 bridgehead atoms. The van der Waals surface area contributed by atoms with Crippen LogP contribution in [0, 0.1) is 6.92 Å². The van der Waals surface area contributed by atoms with E-state index in [1.165, 1.54) is 24.8 Å². The van der Waals surface area contributed by atoms with Gasteiger partial charge in [-0.3, -0.25) is 0 Å². The lowest BCUT2D eigenvalue weighted by atomic mass is 10.1. The Morgan fingerprint density at radius 2 is 2.04 bits per heavy atom. The van der Waals surface area contributed by atoms with E-state index in [1.54, 1.807) is 7.11 Å². The van der Waals surface area contributed by atoms with Crippen molar-refractivity contribution in [1.82, 2.24) is 5.32 Å². The summed E-state index contributed by atoms with van der Waals surface area (Å²) in [5.74, 6) is 1.34. The van der Waals surface area contributed by atoms with Gasteiger partial charge in [0, 0.05) is 19.2 Å². The summed E-state index contributed by atoms with van der Waals surface area (Å²) in [6, 6.07) is 6.20. The van der Waals surface area contributed by atoms with Gasteiger partial charge in [-0.05, 0) is 25.0 Å². The molecule has 0 unspecified atom stereocenters. The number of aliphatic imine (C=N–C) groups is 1. The molecule has 0 heterocycles. The van der Waals surface area contributed by atoms with Crippen molar-refractivity contribution in [2.75, 3.05) is 26.9 Å². The Morgan fingerprint density at radius 3 is 2.78 bits per heavy atom. The Balaban J connectivity index is 2.54. The first kappa shape index (κ1) is 19.3. The predicted molar refractivity (Wildman–Crippen MR) is 96.0 cm³/mol. The standard InChI is InChI=1S/C18H31N3O2/c1-4-5-6-7-11-23-17-13-15(2)8-9-16(17)14-21-18(19)20-10-12-22-3/h8-9,13H,4-7,10-12,14H2,1-3H3,(H3,19,20,21). The predicted octanol–water partition coefficient (Wildman–Crippen LogP) is 3.00. The van der Waals surface area contributed by atoms with E-state index in [0.29, 0.717) is 25.7 Å². The fourth-order valence-electron chi connectivity index (χ4n) is 2.15. The lowest BCUT2D eigenvalue weighted by Gasteiger charge is -2.12. The molecule has 130 valence electrons. The molecule has 0 saturated carbocycles. The number of hydrogen-bond acceptors (Lipinski definition) is 3. The summed E-state index contributed by atoms with van der Waals surface area (Å²) in [6.07, 6.45) is 4.80. The number of benzene rings is 1. The van der Waals surface area contributed by atoms with Gasteiger partial charge in [-0.1, -0.05) is 38.3 Å². The van der Waals surface area contributed by atoms with Crippen molar-refractivity contribution in [2.24, 2.45) is 10.7 Å². The van der Waals surface area contributed by atoms with Crippen LogP contribution in [0.2, 0.25) is 0 Å². The van der Waals surface area contributed by atoms with Crippen molar-refractivity contribution in [2.45, 2.75) is 46.1 Å². The zero-order chi connectivity index (χ0) is 16.9. The van der Waals surface area contributed by atoms with Gasteiger partial charge in [0.15, 0.2) is 5.96 Å². The summed E-state index contributed by atoms with van der Waals surface area (Å²) in [6.45, 7) is 6.80. The fraction of sp³-hybridized carbons (Fsp3) is 0.611. The van der Waals surface area contributed by atoms with Crippen LogP contribution < -0.4 is 15.8 Å². The second kappa shape index (κ2) is 11.8. The minimum absolute atomic E-state index is 0.427. The molecule has 0 atom stereocenters. The van der Waals surface area contributed by atoms with E-state index in [0.717, 1.165) is 24.3 Å². The van der Waals surface area contributed by atoms with E-state index in [1.807, 2.05) is 0 Å². The van der Waals surface area contributed by atoms with Crippen molar-refractivity contribution in [3.63, 3.8) is 0 Å². The number of nitrogens with two attached hydrogens (primary N) is 1. The van der Waals surface area contributed by atoms with Crippen LogP contribution >= 0.6 is 0 Å². The number of nitrogens with zero attached hydrogens (tertiary/aromatic N) is 1. The van der Waals surface area contributed by atoms with Crippen LogP contribution in [0.1, 0.15) is 43.7 Å². The summed E-state index contributed by atoms with van der Waals surface area (Å²) in [7, 11) is 1.66. The molecule has 5 nitrogen and oxygen atoms in total. The Morgan fingerprint density at radius 1 is 1.22 bits per heavy atom. The molecule has 0 spiro atoms. The highest BCUT2D eigenvalue weighted by Crippen LogP contribution is 2.21. The molecule has 0 aliphatic heterocycles. The first-order chi connectivity index (χ1) is 11.2. The highest BCUT2D eigenvalue weighted by atomic mass is 16.5. The molecule has 1 aromatic rings. The topological polar surface area (TPSA) is 68.9 Å². The maximum absolute atomic E-state index is 5.94. The van der Waals surface area contributed by atoms with E-state index >= 15 is 0 Å². The summed E-state index contributed by atoms with van der Waals surface area (Å²) in [5.41, 5.74) is 8.09. The van der Waals surface area contributed by atoms with Crippen LogP contribution in [0.25, 0.3) is 0 Å². The first-order valence-corrected chi connectivity index (χ1v) is 8.42. The molecular formula is C18H31N3O2. The molecule has 0 fully saturated rings. The average molecular weight is 321 g/mol. The number of guanidine groups is 1. The van der Waals surface area contributed by atoms with Crippen LogP contribution in [0.15, 0.2) is 23.2 Å². The lowest BCUT2D eigenvalue weighted by molar-refractivity contribution is 0.204. The van der Waals surface area contributed by atoms with Crippen LogP contribution in [-0.2, 0) is 11.3 Å². The maximum atomic E-state index is 5.94. The zero-order valence-corrected chi connectivity index (χ0v) is 14.7. The number of methoxy groups -OCH3 is 1. The SMILES string of the molecule is CCCCCCOc1cc(C)ccc1CN=C(N)NCCOC. The molecule has 5 heteroatoms. The van der Waals surface area contributed by atoms with Crippen LogP contribution in [0.4, 0.5) is 0 Å². The molecule has 0 aromatic heterocycles. The number of nitrogens with one attached hydrogen (secondary N) is 1. The van der Waals surface area contributed by atoms with E-state index in [4.69, 9.17) is 15.2 Å². The number of rotatable bonds is 11. The molecule has 23 heavy (non-hydrogen) atoms. The van der Waals surface area contributed by atoms with Gasteiger partial charge in [0.25, 0.3) is 0 Å². The zero-order valence-electron chi connectivity index (χ0n) is 14.7. The Bertz CT molecular complexity index is 475. The fourth-order valence-corrected chi connectivity index (χ4v) is 2.15. The summed E-state index contributed by atoms with van der Waals surface area (Å²) >= 11 is 0. The van der Waals surface area contributed by atoms with Gasteiger partial charge in [-0.25, -0.2) is 4.99 Å². The molecule has 3 N–H and O–H groups in total. The summed E-state index contributed by atoms with van der Waals surface area (Å²) in [5, 5.41) is 3.01. The highest BCUT2D eigenvalue weighted by molar-refractivity contribution is 5.77. The van der Waals surface area contributed by atoms with E-state index in [-0.39, 0.29) is 0 Å². The van der Waals surface area contributed by atoms with Gasteiger partial charge >= 0.3 is 0 Å². The van der Waals surface area contributed by atoms with E-state index < -0.39 is 0 Å². The van der Waals surface area contributed by atoms with Crippen molar-refractivity contribution in [3.05, 3.63) is 29.3 Å². The van der Waals surface area contributed by atoms with Crippen molar-refractivity contribution < 1.29 is 9.47 Å². The van der Waals surface area contributed by atoms with E-state index in [9.17, 15) is 0 Å². The molecule has 1 aromatic carbocycles. The second-order valence-electron chi connectivity index (χ2n) is 5.64. The van der Waals surface area contributed by atoms with Gasteiger partial charge in [-0.15, -0.1) is 0 Å². The van der Waals surface area contributed by atoms with Gasteiger partial charge < -0.3 is 20.5 Å². The van der Waals surface area contributed by atoms with Gasteiger partial charge in [0.05, 0.1) is 19.8 Å².